The predicted molar refractivity (Wildman–Crippen MR) is 67.6 cm³/mol. The number of piperidine rings is 1. The van der Waals surface area contributed by atoms with Crippen LogP contribution >= 0.6 is 12.4 Å². The Kier molecular flexibility index (Phi) is 5.38. The first-order valence-corrected chi connectivity index (χ1v) is 5.66. The highest BCUT2D eigenvalue weighted by Gasteiger charge is 2.11. The van der Waals surface area contributed by atoms with Crippen molar-refractivity contribution >= 4 is 18.4 Å². The van der Waals surface area contributed by atoms with Gasteiger partial charge in [-0.3, -0.25) is 4.90 Å². The topological polar surface area (TPSA) is 53.4 Å². The molecule has 94 valence electrons. The van der Waals surface area contributed by atoms with E-state index in [1.54, 1.807) is 12.3 Å². The van der Waals surface area contributed by atoms with Crippen LogP contribution in [0.5, 0.6) is 0 Å². The van der Waals surface area contributed by atoms with E-state index in [1.165, 1.54) is 19.3 Å². The maximum absolute atomic E-state index is 10.8. The second-order valence-corrected chi connectivity index (χ2v) is 4.19. The van der Waals surface area contributed by atoms with Crippen LogP contribution in [0, 0.1) is 0 Å². The second kappa shape index (κ2) is 6.57. The first-order chi connectivity index (χ1) is 7.75. The molecule has 0 aliphatic carbocycles. The smallest absolute Gasteiger partial charge is 0.354 e. The van der Waals surface area contributed by atoms with E-state index in [0.717, 1.165) is 25.2 Å². The Bertz CT molecular complexity index is 379. The van der Waals surface area contributed by atoms with Crippen LogP contribution in [0.4, 0.5) is 0 Å². The van der Waals surface area contributed by atoms with Gasteiger partial charge in [0.05, 0.1) is 0 Å². The SMILES string of the molecule is Cl.O=C(O)c1cc(CN2CCCCC2)ccn1. The highest BCUT2D eigenvalue weighted by atomic mass is 35.5. The van der Waals surface area contributed by atoms with Crippen LogP contribution in [0.25, 0.3) is 0 Å². The second-order valence-electron chi connectivity index (χ2n) is 4.19. The minimum atomic E-state index is -0.958. The molecular weight excluding hydrogens is 240 g/mol. The molecule has 2 rings (SSSR count). The molecule has 0 atom stereocenters. The Morgan fingerprint density at radius 2 is 2.06 bits per heavy atom. The van der Waals surface area contributed by atoms with Gasteiger partial charge in [-0.2, -0.15) is 0 Å². The molecule has 0 bridgehead atoms. The standard InChI is InChI=1S/C12H16N2O2.ClH/c15-12(16)11-8-10(4-5-13-11)9-14-6-2-1-3-7-14;/h4-5,8H,1-3,6-7,9H2,(H,15,16);1H. The van der Waals surface area contributed by atoms with Gasteiger partial charge in [0, 0.05) is 12.7 Å². The van der Waals surface area contributed by atoms with Crippen molar-refractivity contribution in [1.29, 1.82) is 0 Å². The van der Waals surface area contributed by atoms with Crippen LogP contribution in [-0.2, 0) is 6.54 Å². The summed E-state index contributed by atoms with van der Waals surface area (Å²) in [5.41, 5.74) is 1.17. The molecule has 1 saturated heterocycles. The monoisotopic (exact) mass is 256 g/mol. The van der Waals surface area contributed by atoms with Crippen LogP contribution in [-0.4, -0.2) is 34.0 Å². The zero-order chi connectivity index (χ0) is 11.4. The number of rotatable bonds is 3. The summed E-state index contributed by atoms with van der Waals surface area (Å²) in [4.78, 5) is 16.9. The summed E-state index contributed by atoms with van der Waals surface area (Å²) in [5, 5.41) is 8.84. The molecule has 2 heterocycles. The minimum Gasteiger partial charge on any atom is -0.477 e. The highest BCUT2D eigenvalue weighted by molar-refractivity contribution is 5.85. The van der Waals surface area contributed by atoms with Gasteiger partial charge in [0.15, 0.2) is 0 Å². The van der Waals surface area contributed by atoms with Crippen molar-refractivity contribution in [3.05, 3.63) is 29.6 Å². The molecule has 0 unspecified atom stereocenters. The zero-order valence-electron chi connectivity index (χ0n) is 9.63. The summed E-state index contributed by atoms with van der Waals surface area (Å²) in [6, 6.07) is 3.55. The van der Waals surface area contributed by atoms with Crippen molar-refractivity contribution in [2.24, 2.45) is 0 Å². The molecule has 1 fully saturated rings. The fourth-order valence-electron chi connectivity index (χ4n) is 2.07. The van der Waals surface area contributed by atoms with E-state index in [9.17, 15) is 4.79 Å². The van der Waals surface area contributed by atoms with Crippen molar-refractivity contribution < 1.29 is 9.90 Å². The molecule has 1 aliphatic heterocycles. The molecule has 0 radical (unpaired) electrons. The van der Waals surface area contributed by atoms with Gasteiger partial charge in [0.2, 0.25) is 0 Å². The normalized spacial score (nSPS) is 16.2. The van der Waals surface area contributed by atoms with E-state index in [0.29, 0.717) is 0 Å². The van der Waals surface area contributed by atoms with Crippen molar-refractivity contribution in [1.82, 2.24) is 9.88 Å². The van der Waals surface area contributed by atoms with Crippen molar-refractivity contribution in [3.8, 4) is 0 Å². The largest absolute Gasteiger partial charge is 0.477 e. The number of likely N-dealkylation sites (tertiary alicyclic amines) is 1. The van der Waals surface area contributed by atoms with Gasteiger partial charge in [0.1, 0.15) is 5.69 Å². The number of halogens is 1. The summed E-state index contributed by atoms with van der Waals surface area (Å²) in [6.45, 7) is 3.07. The van der Waals surface area contributed by atoms with Gasteiger partial charge in [-0.25, -0.2) is 9.78 Å². The third-order valence-electron chi connectivity index (χ3n) is 2.90. The van der Waals surface area contributed by atoms with Crippen molar-refractivity contribution in [2.45, 2.75) is 25.8 Å². The van der Waals surface area contributed by atoms with E-state index in [1.807, 2.05) is 6.07 Å². The summed E-state index contributed by atoms with van der Waals surface area (Å²) in [6.07, 6.45) is 5.38. The molecule has 1 aliphatic rings. The van der Waals surface area contributed by atoms with Crippen LogP contribution < -0.4 is 0 Å². The Labute approximate surface area is 107 Å². The summed E-state index contributed by atoms with van der Waals surface area (Å²) in [5.74, 6) is -0.958. The quantitative estimate of drug-likeness (QED) is 0.901. The Morgan fingerprint density at radius 1 is 1.35 bits per heavy atom. The molecule has 1 N–H and O–H groups in total. The van der Waals surface area contributed by atoms with Crippen LogP contribution in [0.1, 0.15) is 35.3 Å². The van der Waals surface area contributed by atoms with Crippen molar-refractivity contribution in [3.63, 3.8) is 0 Å². The Balaban J connectivity index is 0.00000144. The van der Waals surface area contributed by atoms with E-state index in [2.05, 4.69) is 9.88 Å². The lowest BCUT2D eigenvalue weighted by Gasteiger charge is -2.26. The predicted octanol–water partition coefficient (Wildman–Crippen LogP) is 2.19. The molecule has 1 aromatic rings. The third kappa shape index (κ3) is 3.98. The molecule has 0 aromatic carbocycles. The lowest BCUT2D eigenvalue weighted by molar-refractivity contribution is 0.0690. The molecular formula is C12H17ClN2O2. The van der Waals surface area contributed by atoms with Crippen molar-refractivity contribution in [2.75, 3.05) is 13.1 Å². The maximum atomic E-state index is 10.8. The summed E-state index contributed by atoms with van der Waals surface area (Å²) >= 11 is 0. The van der Waals surface area contributed by atoms with E-state index in [4.69, 9.17) is 5.11 Å². The zero-order valence-corrected chi connectivity index (χ0v) is 10.4. The number of nitrogens with zero attached hydrogens (tertiary/aromatic N) is 2. The number of aromatic nitrogens is 1. The lowest BCUT2D eigenvalue weighted by atomic mass is 10.1. The fourth-order valence-corrected chi connectivity index (χ4v) is 2.07. The highest BCUT2D eigenvalue weighted by Crippen LogP contribution is 2.13. The Hall–Kier alpha value is -1.13. The van der Waals surface area contributed by atoms with Gasteiger partial charge in [0.25, 0.3) is 0 Å². The number of hydrogen-bond donors (Lipinski definition) is 1. The average molecular weight is 257 g/mol. The molecule has 5 heteroatoms. The van der Waals surface area contributed by atoms with E-state index < -0.39 is 5.97 Å². The molecule has 0 saturated carbocycles. The number of carboxylic acid groups (broad SMARTS) is 1. The molecule has 1 aromatic heterocycles. The number of carbonyl (C=O) groups is 1. The molecule has 0 spiro atoms. The van der Waals surface area contributed by atoms with Gasteiger partial charge in [-0.05, 0) is 43.6 Å². The lowest BCUT2D eigenvalue weighted by Crippen LogP contribution is -2.29. The third-order valence-corrected chi connectivity index (χ3v) is 2.90. The average Bonchev–Trinajstić information content (AvgIpc) is 2.30. The molecule has 0 amide bonds. The molecule has 17 heavy (non-hydrogen) atoms. The minimum absolute atomic E-state index is 0. The van der Waals surface area contributed by atoms with Crippen LogP contribution in [0.2, 0.25) is 0 Å². The number of carboxylic acids is 1. The van der Waals surface area contributed by atoms with Gasteiger partial charge in [-0.1, -0.05) is 6.42 Å². The van der Waals surface area contributed by atoms with Gasteiger partial charge < -0.3 is 5.11 Å². The van der Waals surface area contributed by atoms with Crippen LogP contribution in [0.3, 0.4) is 0 Å². The first-order valence-electron chi connectivity index (χ1n) is 5.66. The summed E-state index contributed by atoms with van der Waals surface area (Å²) < 4.78 is 0. The van der Waals surface area contributed by atoms with Crippen LogP contribution in [0.15, 0.2) is 18.3 Å². The number of pyridine rings is 1. The Morgan fingerprint density at radius 3 is 2.71 bits per heavy atom. The van der Waals surface area contributed by atoms with Gasteiger partial charge in [-0.15, -0.1) is 12.4 Å². The van der Waals surface area contributed by atoms with E-state index in [-0.39, 0.29) is 18.1 Å². The maximum Gasteiger partial charge on any atom is 0.354 e. The number of hydrogen-bond acceptors (Lipinski definition) is 3. The fraction of sp³-hybridized carbons (Fsp3) is 0.500. The van der Waals surface area contributed by atoms with E-state index >= 15 is 0 Å². The first kappa shape index (κ1) is 13.9. The number of aromatic carboxylic acids is 1. The summed E-state index contributed by atoms with van der Waals surface area (Å²) in [7, 11) is 0. The molecule has 4 nitrogen and oxygen atoms in total. The van der Waals surface area contributed by atoms with Gasteiger partial charge >= 0.3 is 5.97 Å².